The summed E-state index contributed by atoms with van der Waals surface area (Å²) < 4.78 is 10.4. The van der Waals surface area contributed by atoms with E-state index in [1.54, 1.807) is 29.2 Å². The van der Waals surface area contributed by atoms with Gasteiger partial charge in [-0.25, -0.2) is 9.59 Å². The van der Waals surface area contributed by atoms with E-state index in [1.807, 2.05) is 0 Å². The van der Waals surface area contributed by atoms with Crippen LogP contribution in [-0.4, -0.2) is 36.0 Å². The number of likely N-dealkylation sites (tertiary alicyclic amines) is 1. The Balaban J connectivity index is 1.72. The molecule has 1 fully saturated rings. The molecule has 1 saturated heterocycles. The van der Waals surface area contributed by atoms with Gasteiger partial charge in [0.2, 0.25) is 0 Å². The molecule has 0 saturated carbocycles. The third kappa shape index (κ3) is 3.73. The summed E-state index contributed by atoms with van der Waals surface area (Å²) in [7, 11) is 0. The highest BCUT2D eigenvalue weighted by molar-refractivity contribution is 5.94. The Morgan fingerprint density at radius 3 is 2.64 bits per heavy atom. The topological polar surface area (TPSA) is 76.8 Å². The highest BCUT2D eigenvalue weighted by Gasteiger charge is 2.28. The zero-order valence-corrected chi connectivity index (χ0v) is 14.4. The van der Waals surface area contributed by atoms with Gasteiger partial charge < -0.3 is 14.1 Å². The first-order valence-corrected chi connectivity index (χ1v) is 8.48. The summed E-state index contributed by atoms with van der Waals surface area (Å²) in [5.41, 5.74) is -0.573. The largest absolute Gasteiger partial charge is 0.449 e. The number of nitrogens with zero attached hydrogens (tertiary/aromatic N) is 1. The molecule has 0 aliphatic carbocycles. The average Bonchev–Trinajstić information content (AvgIpc) is 2.61. The molecule has 2 heterocycles. The van der Waals surface area contributed by atoms with Crippen LogP contribution in [0.5, 0.6) is 0 Å². The maximum Gasteiger partial charge on any atom is 0.351 e. The Morgan fingerprint density at radius 2 is 1.92 bits per heavy atom. The van der Waals surface area contributed by atoms with Gasteiger partial charge in [0, 0.05) is 18.5 Å². The molecule has 1 aromatic heterocycles. The quantitative estimate of drug-likeness (QED) is 0.632. The van der Waals surface area contributed by atoms with Crippen molar-refractivity contribution in [1.82, 2.24) is 4.90 Å². The predicted molar refractivity (Wildman–Crippen MR) is 92.3 cm³/mol. The fourth-order valence-corrected chi connectivity index (χ4v) is 2.96. The van der Waals surface area contributed by atoms with E-state index in [9.17, 15) is 14.4 Å². The van der Waals surface area contributed by atoms with Gasteiger partial charge in [-0.15, -0.1) is 0 Å². The van der Waals surface area contributed by atoms with Crippen LogP contribution in [0.25, 0.3) is 11.0 Å². The molecule has 1 aromatic carbocycles. The number of amides is 1. The van der Waals surface area contributed by atoms with Crippen molar-refractivity contribution in [1.29, 1.82) is 0 Å². The Morgan fingerprint density at radius 1 is 1.24 bits per heavy atom. The predicted octanol–water partition coefficient (Wildman–Crippen LogP) is 2.60. The number of piperidine rings is 1. The van der Waals surface area contributed by atoms with E-state index in [-0.39, 0.29) is 11.5 Å². The maximum atomic E-state index is 12.4. The van der Waals surface area contributed by atoms with Gasteiger partial charge in [-0.3, -0.25) is 4.79 Å². The summed E-state index contributed by atoms with van der Waals surface area (Å²) in [5.74, 6) is -0.472. The molecule has 0 unspecified atom stereocenters. The minimum absolute atomic E-state index is 0.203. The van der Waals surface area contributed by atoms with Crippen LogP contribution in [0.3, 0.4) is 0 Å². The Labute approximate surface area is 145 Å². The summed E-state index contributed by atoms with van der Waals surface area (Å²) in [4.78, 5) is 38.4. The monoisotopic (exact) mass is 343 g/mol. The second-order valence-corrected chi connectivity index (χ2v) is 6.54. The van der Waals surface area contributed by atoms with Gasteiger partial charge >= 0.3 is 11.6 Å². The molecule has 1 aliphatic rings. The lowest BCUT2D eigenvalue weighted by atomic mass is 9.99. The molecule has 2 aromatic rings. The molecule has 6 heteroatoms. The molecule has 0 N–H and O–H groups in total. The average molecular weight is 343 g/mol. The molecular weight excluding hydrogens is 322 g/mol. The lowest BCUT2D eigenvalue weighted by Gasteiger charge is -2.31. The van der Waals surface area contributed by atoms with Crippen molar-refractivity contribution in [3.63, 3.8) is 0 Å². The zero-order chi connectivity index (χ0) is 18.0. The van der Waals surface area contributed by atoms with E-state index >= 15 is 0 Å². The Hall–Kier alpha value is -2.63. The standard InChI is InChI=1S/C19H21NO5/c1-12-7-9-20(10-8-12)17(21)13(2)24-18(22)15-11-14-5-3-4-6-16(14)25-19(15)23/h3-6,11-13H,7-10H2,1-2H3/t13-/m0/s1. The normalized spacial score (nSPS) is 16.6. The van der Waals surface area contributed by atoms with E-state index in [0.29, 0.717) is 30.0 Å². The van der Waals surface area contributed by atoms with Crippen molar-refractivity contribution in [3.8, 4) is 0 Å². The fraction of sp³-hybridized carbons (Fsp3) is 0.421. The molecule has 0 bridgehead atoms. The van der Waals surface area contributed by atoms with Crippen LogP contribution in [0.4, 0.5) is 0 Å². The third-order valence-corrected chi connectivity index (χ3v) is 4.59. The number of ether oxygens (including phenoxy) is 1. The summed E-state index contributed by atoms with van der Waals surface area (Å²) in [6.45, 7) is 5.02. The van der Waals surface area contributed by atoms with Crippen molar-refractivity contribution in [2.24, 2.45) is 5.92 Å². The molecule has 25 heavy (non-hydrogen) atoms. The van der Waals surface area contributed by atoms with Crippen molar-refractivity contribution < 1.29 is 18.7 Å². The molecule has 1 aliphatic heterocycles. The zero-order valence-electron chi connectivity index (χ0n) is 14.4. The molecule has 1 amide bonds. The molecule has 3 rings (SSSR count). The van der Waals surface area contributed by atoms with Gasteiger partial charge in [-0.1, -0.05) is 25.1 Å². The minimum Gasteiger partial charge on any atom is -0.449 e. The van der Waals surface area contributed by atoms with Crippen LogP contribution in [0.2, 0.25) is 0 Å². The van der Waals surface area contributed by atoms with Crippen LogP contribution in [-0.2, 0) is 9.53 Å². The SMILES string of the molecule is CC1CCN(C(=O)[C@H](C)OC(=O)c2cc3ccccc3oc2=O)CC1. The van der Waals surface area contributed by atoms with E-state index in [2.05, 4.69) is 6.92 Å². The number of carbonyl (C=O) groups is 2. The minimum atomic E-state index is -0.938. The maximum absolute atomic E-state index is 12.4. The first kappa shape index (κ1) is 17.2. The first-order valence-electron chi connectivity index (χ1n) is 8.48. The van der Waals surface area contributed by atoms with E-state index in [4.69, 9.17) is 9.15 Å². The summed E-state index contributed by atoms with van der Waals surface area (Å²) >= 11 is 0. The summed E-state index contributed by atoms with van der Waals surface area (Å²) in [5, 5.41) is 0.623. The van der Waals surface area contributed by atoms with E-state index in [1.165, 1.54) is 13.0 Å². The number of rotatable bonds is 3. The van der Waals surface area contributed by atoms with Crippen LogP contribution in [0, 0.1) is 5.92 Å². The third-order valence-electron chi connectivity index (χ3n) is 4.59. The van der Waals surface area contributed by atoms with Crippen LogP contribution < -0.4 is 5.63 Å². The van der Waals surface area contributed by atoms with Crippen molar-refractivity contribution >= 4 is 22.8 Å². The fourth-order valence-electron chi connectivity index (χ4n) is 2.96. The second-order valence-electron chi connectivity index (χ2n) is 6.54. The lowest BCUT2D eigenvalue weighted by Crippen LogP contribution is -2.44. The van der Waals surface area contributed by atoms with Crippen molar-refractivity contribution in [3.05, 3.63) is 46.3 Å². The van der Waals surface area contributed by atoms with Gasteiger partial charge in [0.25, 0.3) is 5.91 Å². The van der Waals surface area contributed by atoms with E-state index < -0.39 is 17.7 Å². The van der Waals surface area contributed by atoms with Crippen LogP contribution in [0.15, 0.2) is 39.5 Å². The van der Waals surface area contributed by atoms with Crippen LogP contribution >= 0.6 is 0 Å². The van der Waals surface area contributed by atoms with Gasteiger partial charge in [-0.2, -0.15) is 0 Å². The molecule has 132 valence electrons. The van der Waals surface area contributed by atoms with Gasteiger partial charge in [0.05, 0.1) is 0 Å². The molecule has 1 atom stereocenters. The van der Waals surface area contributed by atoms with Gasteiger partial charge in [-0.05, 0) is 37.8 Å². The number of esters is 1. The smallest absolute Gasteiger partial charge is 0.351 e. The number of hydrogen-bond acceptors (Lipinski definition) is 5. The Bertz CT molecular complexity index is 848. The Kier molecular flexibility index (Phi) is 4.88. The molecule has 6 nitrogen and oxygen atoms in total. The molecular formula is C19H21NO5. The summed E-state index contributed by atoms with van der Waals surface area (Å²) in [6, 6.07) is 8.33. The van der Waals surface area contributed by atoms with Crippen LogP contribution in [0.1, 0.15) is 37.0 Å². The molecule has 0 radical (unpaired) electrons. The number of fused-ring (bicyclic) bond motifs is 1. The number of hydrogen-bond donors (Lipinski definition) is 0. The lowest BCUT2D eigenvalue weighted by molar-refractivity contribution is -0.141. The van der Waals surface area contributed by atoms with E-state index in [0.717, 1.165) is 12.8 Å². The highest BCUT2D eigenvalue weighted by atomic mass is 16.5. The number of benzene rings is 1. The first-order chi connectivity index (χ1) is 12.0. The van der Waals surface area contributed by atoms with Crippen molar-refractivity contribution in [2.45, 2.75) is 32.8 Å². The summed E-state index contributed by atoms with van der Waals surface area (Å²) in [6.07, 6.45) is 0.952. The van der Waals surface area contributed by atoms with Crippen molar-refractivity contribution in [2.75, 3.05) is 13.1 Å². The highest BCUT2D eigenvalue weighted by Crippen LogP contribution is 2.18. The van der Waals surface area contributed by atoms with Gasteiger partial charge in [0.15, 0.2) is 6.10 Å². The number of carbonyl (C=O) groups excluding carboxylic acids is 2. The number of para-hydroxylation sites is 1. The van der Waals surface area contributed by atoms with Gasteiger partial charge in [0.1, 0.15) is 11.1 Å². The molecule has 0 spiro atoms. The second kappa shape index (κ2) is 7.09.